The summed E-state index contributed by atoms with van der Waals surface area (Å²) in [4.78, 5) is 42.0. The first-order chi connectivity index (χ1) is 14.9. The summed E-state index contributed by atoms with van der Waals surface area (Å²) in [6, 6.07) is 2.70. The lowest BCUT2D eigenvalue weighted by Crippen LogP contribution is -2.50. The molecule has 2 unspecified atom stereocenters. The van der Waals surface area contributed by atoms with Gasteiger partial charge in [0, 0.05) is 12.1 Å². The van der Waals surface area contributed by atoms with Crippen molar-refractivity contribution in [1.29, 1.82) is 0 Å². The zero-order valence-electron chi connectivity index (χ0n) is 17.4. The molecule has 0 radical (unpaired) electrons. The van der Waals surface area contributed by atoms with E-state index >= 15 is 0 Å². The highest BCUT2D eigenvalue weighted by Gasteiger charge is 2.77. The van der Waals surface area contributed by atoms with Gasteiger partial charge < -0.3 is 14.2 Å². The van der Waals surface area contributed by atoms with Crippen LogP contribution in [0.5, 0.6) is 0 Å². The Bertz CT molecular complexity index is 1070. The average molecular weight is 452 g/mol. The third kappa shape index (κ3) is 2.97. The van der Waals surface area contributed by atoms with Crippen molar-refractivity contribution >= 4 is 29.3 Å². The van der Waals surface area contributed by atoms with Crippen LogP contribution in [0.3, 0.4) is 0 Å². The molecule has 0 N–H and O–H groups in total. The number of carbonyl (C=O) groups is 3. The molecule has 11 heteroatoms. The predicted molar refractivity (Wildman–Crippen MR) is 102 cm³/mol. The lowest BCUT2D eigenvalue weighted by molar-refractivity contribution is -0.137. The smallest absolute Gasteiger partial charge is 0.435 e. The Hall–Kier alpha value is -3.13. The summed E-state index contributed by atoms with van der Waals surface area (Å²) in [6.45, 7) is 11.8. The van der Waals surface area contributed by atoms with Crippen LogP contribution in [0.2, 0.25) is 0 Å². The van der Waals surface area contributed by atoms with Gasteiger partial charge in [0.1, 0.15) is 11.7 Å². The summed E-state index contributed by atoms with van der Waals surface area (Å²) < 4.78 is 56.4. The second-order valence-corrected chi connectivity index (χ2v) is 8.37. The van der Waals surface area contributed by atoms with E-state index in [-0.39, 0.29) is 18.7 Å². The number of amides is 2. The zero-order chi connectivity index (χ0) is 23.6. The predicted octanol–water partition coefficient (Wildman–Crippen LogP) is 3.85. The van der Waals surface area contributed by atoms with Gasteiger partial charge in [-0.15, -0.1) is 0 Å². The summed E-state index contributed by atoms with van der Waals surface area (Å²) in [5.74, 6) is -3.43. The van der Waals surface area contributed by atoms with Crippen molar-refractivity contribution in [2.45, 2.75) is 50.7 Å². The highest BCUT2D eigenvalue weighted by molar-refractivity contribution is 6.23. The summed E-state index contributed by atoms with van der Waals surface area (Å²) in [6.07, 6.45) is -6.52. The molecule has 3 heterocycles. The third-order valence-corrected chi connectivity index (χ3v) is 6.43. The monoisotopic (exact) mass is 452 g/mol. The zero-order valence-corrected chi connectivity index (χ0v) is 17.4. The number of hydrogen-bond acceptors (Lipinski definition) is 6. The molecule has 170 valence electrons. The first-order valence-corrected chi connectivity index (χ1v) is 9.87. The number of rotatable bonds is 3. The minimum absolute atomic E-state index is 0.0831. The molecule has 32 heavy (non-hydrogen) atoms. The van der Waals surface area contributed by atoms with Crippen LogP contribution in [0.1, 0.15) is 32.8 Å². The van der Waals surface area contributed by atoms with Crippen molar-refractivity contribution in [3.63, 3.8) is 0 Å². The van der Waals surface area contributed by atoms with Gasteiger partial charge in [-0.1, -0.05) is 6.07 Å². The second kappa shape index (κ2) is 6.93. The highest BCUT2D eigenvalue weighted by atomic mass is 19.4. The Morgan fingerprint density at radius 1 is 1.28 bits per heavy atom. The van der Waals surface area contributed by atoms with Crippen LogP contribution < -0.4 is 4.90 Å². The Morgan fingerprint density at radius 3 is 2.53 bits per heavy atom. The van der Waals surface area contributed by atoms with Crippen molar-refractivity contribution < 1.29 is 41.8 Å². The number of anilines is 1. The van der Waals surface area contributed by atoms with Gasteiger partial charge in [-0.25, -0.2) is 14.5 Å². The summed E-state index contributed by atoms with van der Waals surface area (Å²) in [5, 5.41) is 0. The molecule has 0 aromatic heterocycles. The fourth-order valence-corrected chi connectivity index (χ4v) is 5.17. The van der Waals surface area contributed by atoms with Crippen LogP contribution in [0, 0.1) is 18.4 Å². The van der Waals surface area contributed by atoms with Gasteiger partial charge >= 0.3 is 12.3 Å². The molecule has 5 atom stereocenters. The molecular formula is C21H19F3N2O6. The molecule has 3 aliphatic rings. The Morgan fingerprint density at radius 2 is 1.94 bits per heavy atom. The topological polar surface area (TPSA) is 86.5 Å². The van der Waals surface area contributed by atoms with Gasteiger partial charge in [0.25, 0.3) is 0 Å². The molecular weight excluding hydrogens is 433 g/mol. The van der Waals surface area contributed by atoms with Crippen LogP contribution in [0.25, 0.3) is 4.85 Å². The first kappa shape index (κ1) is 22.1. The molecule has 3 aliphatic heterocycles. The van der Waals surface area contributed by atoms with Crippen LogP contribution in [-0.4, -0.2) is 41.9 Å². The van der Waals surface area contributed by atoms with Crippen molar-refractivity contribution in [1.82, 2.24) is 0 Å². The average Bonchev–Trinajstić information content (AvgIpc) is 3.21. The van der Waals surface area contributed by atoms with Gasteiger partial charge in [-0.2, -0.15) is 13.2 Å². The molecule has 3 fully saturated rings. The number of nitrogens with zero attached hydrogens (tertiary/aromatic N) is 2. The van der Waals surface area contributed by atoms with Gasteiger partial charge in [0.2, 0.25) is 11.8 Å². The number of carbonyl (C=O) groups excluding carboxylic acids is 3. The molecule has 0 spiro atoms. The van der Waals surface area contributed by atoms with Crippen molar-refractivity contribution in [3.8, 4) is 0 Å². The van der Waals surface area contributed by atoms with Gasteiger partial charge in [0.05, 0.1) is 36.2 Å². The lowest BCUT2D eigenvalue weighted by Gasteiger charge is -2.34. The molecule has 1 aromatic carbocycles. The molecule has 2 amide bonds. The molecule has 8 nitrogen and oxygen atoms in total. The van der Waals surface area contributed by atoms with E-state index in [4.69, 9.17) is 20.8 Å². The largest absolute Gasteiger partial charge is 0.508 e. The summed E-state index contributed by atoms with van der Waals surface area (Å²) in [7, 11) is 0. The van der Waals surface area contributed by atoms with E-state index in [9.17, 15) is 27.6 Å². The van der Waals surface area contributed by atoms with Crippen molar-refractivity contribution in [2.75, 3.05) is 11.5 Å². The van der Waals surface area contributed by atoms with E-state index in [1.165, 1.54) is 0 Å². The molecule has 2 bridgehead atoms. The van der Waals surface area contributed by atoms with Crippen LogP contribution >= 0.6 is 0 Å². The lowest BCUT2D eigenvalue weighted by atomic mass is 9.67. The first-order valence-electron chi connectivity index (χ1n) is 9.87. The maximum atomic E-state index is 13.4. The number of halogens is 3. The minimum Gasteiger partial charge on any atom is -0.435 e. The third-order valence-electron chi connectivity index (χ3n) is 6.43. The standard InChI is InChI=1S/C21H19F3N2O6/c1-5-30-18(29)31-13-9-19(2)14-15(20(13,3)32-19)17(28)26(16(14)27)10-6-7-12(25-4)11(8-10)21(22,23)24/h6-8,13-15H,5,9H2,1-3H3/t13-,14+,15-,19?,20?/m0/s1. The van der Waals surface area contributed by atoms with E-state index in [0.29, 0.717) is 11.0 Å². The molecule has 4 rings (SSSR count). The van der Waals surface area contributed by atoms with Crippen LogP contribution in [0.15, 0.2) is 18.2 Å². The van der Waals surface area contributed by atoms with Crippen molar-refractivity contribution in [2.24, 2.45) is 11.8 Å². The normalized spacial score (nSPS) is 33.3. The van der Waals surface area contributed by atoms with Gasteiger partial charge in [-0.05, 0) is 32.9 Å². The van der Waals surface area contributed by atoms with E-state index in [1.807, 2.05) is 0 Å². The van der Waals surface area contributed by atoms with Crippen LogP contribution in [0.4, 0.5) is 29.3 Å². The number of alkyl halides is 3. The number of fused-ring (bicyclic) bond motifs is 5. The minimum atomic E-state index is -4.84. The number of hydrogen-bond donors (Lipinski definition) is 0. The summed E-state index contributed by atoms with van der Waals surface area (Å²) >= 11 is 0. The molecule has 1 aromatic rings. The fraction of sp³-hybridized carbons (Fsp3) is 0.524. The van der Waals surface area contributed by atoms with Crippen LogP contribution in [-0.2, 0) is 30.0 Å². The second-order valence-electron chi connectivity index (χ2n) is 8.37. The van der Waals surface area contributed by atoms with E-state index < -0.39 is 64.5 Å². The molecule has 0 saturated carbocycles. The SMILES string of the molecule is [C-]#[N+]c1ccc(N2C(=O)[C@@H]3[C@H](C2=O)C2(C)C[C@H](OC(=O)OCC)C3(C)O2)cc1C(F)(F)F. The number of benzene rings is 1. The molecule has 3 saturated heterocycles. The molecule has 0 aliphatic carbocycles. The fourth-order valence-electron chi connectivity index (χ4n) is 5.17. The van der Waals surface area contributed by atoms with Gasteiger partial charge in [-0.3, -0.25) is 9.59 Å². The highest BCUT2D eigenvalue weighted by Crippen LogP contribution is 2.62. The Balaban J connectivity index is 1.72. The Labute approximate surface area is 181 Å². The van der Waals surface area contributed by atoms with Gasteiger partial charge in [0.15, 0.2) is 5.69 Å². The Kier molecular flexibility index (Phi) is 4.78. The maximum Gasteiger partial charge on any atom is 0.508 e. The van der Waals surface area contributed by atoms with Crippen molar-refractivity contribution in [3.05, 3.63) is 35.2 Å². The number of imide groups is 1. The number of ether oxygens (including phenoxy) is 3. The quantitative estimate of drug-likeness (QED) is 0.393. The van der Waals surface area contributed by atoms with E-state index in [2.05, 4.69) is 4.85 Å². The maximum absolute atomic E-state index is 13.4. The van der Waals surface area contributed by atoms with E-state index in [0.717, 1.165) is 12.1 Å². The summed E-state index contributed by atoms with van der Waals surface area (Å²) in [5.41, 5.74) is -4.64. The van der Waals surface area contributed by atoms with E-state index in [1.54, 1.807) is 20.8 Å².